The summed E-state index contributed by atoms with van der Waals surface area (Å²) in [5.41, 5.74) is 11.4. The molecular weight excluding hydrogens is 1980 g/mol. The van der Waals surface area contributed by atoms with Crippen LogP contribution in [0.15, 0.2) is 266 Å². The van der Waals surface area contributed by atoms with Crippen molar-refractivity contribution in [1.82, 2.24) is 131 Å². The molecule has 690 valence electrons. The van der Waals surface area contributed by atoms with E-state index in [2.05, 4.69) is 154 Å². The van der Waals surface area contributed by atoms with Crippen LogP contribution in [0.1, 0.15) is 74.8 Å². The van der Waals surface area contributed by atoms with Crippen molar-refractivity contribution in [2.24, 2.45) is 7.05 Å². The average molecular weight is 2050 g/mol. The SMILES string of the molecule is Cc1ccc(-c2cc3ncnc(Sc4nnnn4C4CC4)c3s2)cc1.Cn1nnnc1Sc1ncnc2cc(-c3ccc(F)cc3)sc12.Fc1ccc(-c2cc3ncnc(Sc4nnc(-c5ccc6c(c5)OCO6)o4)c3s2)cc1.Fc1ccc(-c2cc3ncnc(Sc4nnc(CN5CCCC5)o4)c3s2)cc1.O=C1CCCCCN1Cc1nnc(Sc2ncnc3cc(-c4ccc(Cl)cc4)sc23)o1. The molecule has 1 saturated carbocycles. The number of carbonyl (C=O) groups is 1. The Morgan fingerprint density at radius 2 is 0.797 bits per heavy atom. The lowest BCUT2D eigenvalue weighted by atomic mass is 10.1. The van der Waals surface area contributed by atoms with Gasteiger partial charge in [0, 0.05) is 55.0 Å². The molecule has 3 aliphatic heterocycles. The Labute approximate surface area is 827 Å². The van der Waals surface area contributed by atoms with Crippen LogP contribution in [-0.2, 0) is 24.9 Å². The average Bonchev–Trinajstić information content (AvgIpc) is 1.65. The van der Waals surface area contributed by atoms with Crippen LogP contribution in [0.25, 0.3) is 115 Å². The quantitative estimate of drug-likeness (QED) is 0.0603. The number of benzene rings is 6. The largest absolute Gasteiger partial charge is 0.454 e. The van der Waals surface area contributed by atoms with Gasteiger partial charge in [0.05, 0.1) is 70.2 Å². The van der Waals surface area contributed by atoms with Gasteiger partial charge < -0.3 is 27.6 Å². The summed E-state index contributed by atoms with van der Waals surface area (Å²) in [4.78, 5) is 65.5. The molecule has 0 bridgehead atoms. The van der Waals surface area contributed by atoms with Gasteiger partial charge in [-0.25, -0.2) is 72.4 Å². The molecule has 0 unspecified atom stereocenters. The molecule has 32 nitrogen and oxygen atoms in total. The Kier molecular flexibility index (Phi) is 27.6. The number of aromatic nitrogens is 24. The van der Waals surface area contributed by atoms with Crippen LogP contribution < -0.4 is 9.47 Å². The third kappa shape index (κ3) is 21.6. The Hall–Kier alpha value is -13.1. The number of carbonyl (C=O) groups excluding carboxylic acids is 1. The van der Waals surface area contributed by atoms with Gasteiger partial charge in [0.15, 0.2) is 11.5 Å². The van der Waals surface area contributed by atoms with Crippen molar-refractivity contribution < 1.29 is 40.7 Å². The number of thiophene rings is 5. The topological polar surface area (TPSA) is 375 Å². The fraction of sp³-hybridized carbons (Fsp3) is 0.185. The molecule has 21 aromatic rings. The van der Waals surface area contributed by atoms with Gasteiger partial charge in [-0.1, -0.05) is 96.4 Å². The van der Waals surface area contributed by atoms with Crippen LogP contribution >= 0.6 is 127 Å². The molecule has 1 amide bonds. The summed E-state index contributed by atoms with van der Waals surface area (Å²) in [6.07, 6.45) is 16.1. The summed E-state index contributed by atoms with van der Waals surface area (Å²) in [6.45, 7) is 6.25. The number of fused-ring (bicyclic) bond motifs is 6. The molecule has 0 atom stereocenters. The Bertz CT molecular complexity index is 7910. The third-order valence-corrected chi connectivity index (χ3v) is 32.9. The highest BCUT2D eigenvalue weighted by molar-refractivity contribution is 8.00. The van der Waals surface area contributed by atoms with Crippen molar-refractivity contribution >= 4 is 184 Å². The first-order valence-corrected chi connectivity index (χ1v) is 51.3. The lowest BCUT2D eigenvalue weighted by Crippen LogP contribution is -2.29. The van der Waals surface area contributed by atoms with E-state index in [-0.39, 0.29) is 30.2 Å². The minimum atomic E-state index is -0.268. The van der Waals surface area contributed by atoms with Gasteiger partial charge in [0.25, 0.3) is 15.7 Å². The monoisotopic (exact) mass is 2040 g/mol. The summed E-state index contributed by atoms with van der Waals surface area (Å²) >= 11 is 20.8. The molecule has 2 saturated heterocycles. The van der Waals surface area contributed by atoms with Gasteiger partial charge in [0.1, 0.15) is 74.2 Å². The maximum absolute atomic E-state index is 13.2. The molecule has 1 aliphatic carbocycles. The normalized spacial score (nSPS) is 13.6. The zero-order chi connectivity index (χ0) is 93.5. The summed E-state index contributed by atoms with van der Waals surface area (Å²) in [7, 11) is 1.78. The van der Waals surface area contributed by atoms with Gasteiger partial charge in [0.2, 0.25) is 40.7 Å². The van der Waals surface area contributed by atoms with E-state index in [0.717, 1.165) is 175 Å². The summed E-state index contributed by atoms with van der Waals surface area (Å²) in [5.74, 6) is 2.17. The number of amides is 1. The number of ether oxygens (including phenoxy) is 2. The van der Waals surface area contributed by atoms with E-state index in [9.17, 15) is 18.0 Å². The lowest BCUT2D eigenvalue weighted by molar-refractivity contribution is -0.131. The predicted molar refractivity (Wildman–Crippen MR) is 522 cm³/mol. The van der Waals surface area contributed by atoms with Gasteiger partial charge in [-0.3, -0.25) is 9.69 Å². The van der Waals surface area contributed by atoms with E-state index in [0.29, 0.717) is 85.6 Å². The van der Waals surface area contributed by atoms with Crippen LogP contribution in [0.3, 0.4) is 0 Å². The van der Waals surface area contributed by atoms with E-state index < -0.39 is 0 Å². The summed E-state index contributed by atoms with van der Waals surface area (Å²) in [5, 5.41) is 55.7. The van der Waals surface area contributed by atoms with Gasteiger partial charge in [-0.2, -0.15) is 0 Å². The van der Waals surface area contributed by atoms with Crippen molar-refractivity contribution in [2.75, 3.05) is 26.4 Å². The van der Waals surface area contributed by atoms with Crippen LogP contribution in [0.4, 0.5) is 13.2 Å². The van der Waals surface area contributed by atoms with E-state index >= 15 is 0 Å². The minimum Gasteiger partial charge on any atom is -0.454 e. The molecule has 0 spiro atoms. The Morgan fingerprint density at radius 1 is 0.399 bits per heavy atom. The van der Waals surface area contributed by atoms with Crippen LogP contribution in [-0.4, -0.2) is 163 Å². The minimum absolute atomic E-state index is 0.149. The zero-order valence-corrected chi connectivity index (χ0v) is 81.1. The van der Waals surface area contributed by atoms with Gasteiger partial charge in [-0.05, 0) is 263 Å². The van der Waals surface area contributed by atoms with Gasteiger partial charge >= 0.3 is 0 Å². The van der Waals surface area contributed by atoms with Crippen molar-refractivity contribution in [3.8, 4) is 75.2 Å². The standard InChI is InChI=1S/C21H18ClN5O2S2.C21H11FN4O3S2.C19H16FN5OS2.C17H14N6S2.C14H9FN6S2/c22-14-7-5-13(6-8-14)16-10-15-19(30-16)20(24-12-23-15)31-21-26-25-17(29-21)11-27-9-3-1-2-4-18(27)28;22-13-4-1-11(2-5-13)17-8-14-18(30-17)20(24-9-23-14)31-21-26-25-19(29-21)12-3-6-15-16(7-12)28-10-27-15;20-13-5-3-12(4-6-13)15-9-14-17(27-15)18(22-11-21-14)28-19-24-23-16(26-19)10-25-7-1-2-8-25;1-10-2-4-11(5-3-10)14-8-13-15(24-14)16(19-9-18-13)25-17-20-21-22-23(17)12-6-7-12;1-21-14(18-19-20-21)23-13-12-10(16-7-17-13)6-11(22-12)8-2-4-9(15)5-3-8/h5-8,10,12H,1-4,9,11H2;1-9H,10H2;3-6,9,11H,1-2,7-8,10H2;2-5,8-9,12H,6-7H2,1H3;2-7H,1H3. The first kappa shape index (κ1) is 91.4. The number of hydrogen-bond donors (Lipinski definition) is 0. The molecular formula is C92H68ClF3N26O6S10. The summed E-state index contributed by atoms with van der Waals surface area (Å²) < 4.78 is 76.0. The number of nitrogens with zero attached hydrogens (tertiary/aromatic N) is 26. The molecule has 0 radical (unpaired) electrons. The molecule has 4 aliphatic rings. The highest BCUT2D eigenvalue weighted by atomic mass is 35.5. The maximum Gasteiger partial charge on any atom is 0.283 e. The molecule has 25 rings (SSSR count). The van der Waals surface area contributed by atoms with Crippen LogP contribution in [0.2, 0.25) is 5.02 Å². The predicted octanol–water partition coefficient (Wildman–Crippen LogP) is 22.8. The fourth-order valence-corrected chi connectivity index (χ4v) is 24.5. The number of hydrogen-bond acceptors (Lipinski definition) is 39. The molecule has 18 heterocycles. The highest BCUT2D eigenvalue weighted by Crippen LogP contribution is 2.47. The van der Waals surface area contributed by atoms with E-state index in [1.54, 1.807) is 111 Å². The van der Waals surface area contributed by atoms with Crippen LogP contribution in [0.5, 0.6) is 11.5 Å². The van der Waals surface area contributed by atoms with Gasteiger partial charge in [-0.15, -0.1) is 97.5 Å². The zero-order valence-electron chi connectivity index (χ0n) is 72.2. The molecule has 6 aromatic carbocycles. The van der Waals surface area contributed by atoms with E-state index in [1.807, 2.05) is 65.3 Å². The Morgan fingerprint density at radius 3 is 1.26 bits per heavy atom. The van der Waals surface area contributed by atoms with Crippen molar-refractivity contribution in [3.05, 3.63) is 241 Å². The third-order valence-electron chi connectivity index (χ3n) is 21.6. The van der Waals surface area contributed by atoms with Crippen molar-refractivity contribution in [1.29, 1.82) is 0 Å². The fourth-order valence-electron chi connectivity index (χ4n) is 14.5. The molecule has 3 fully saturated rings. The smallest absolute Gasteiger partial charge is 0.283 e. The summed E-state index contributed by atoms with van der Waals surface area (Å²) in [6, 6.07) is 51.5. The first-order chi connectivity index (χ1) is 67.6. The number of likely N-dealkylation sites (tertiary alicyclic amines) is 2. The molecule has 0 N–H and O–H groups in total. The molecule has 46 heteroatoms. The van der Waals surface area contributed by atoms with E-state index in [1.165, 1.54) is 161 Å². The number of tetrazole rings is 2. The van der Waals surface area contributed by atoms with Crippen molar-refractivity contribution in [3.63, 3.8) is 0 Å². The molecule has 15 aromatic heterocycles. The number of rotatable bonds is 21. The van der Waals surface area contributed by atoms with Crippen molar-refractivity contribution in [2.45, 2.75) is 129 Å². The van der Waals surface area contributed by atoms with Crippen LogP contribution in [0, 0.1) is 24.4 Å². The second kappa shape index (κ2) is 41.7. The second-order valence-electron chi connectivity index (χ2n) is 31.1. The first-order valence-electron chi connectivity index (χ1n) is 42.7. The number of halogens is 4. The lowest BCUT2D eigenvalue weighted by Gasteiger charge is -2.17. The Balaban J connectivity index is 0.000000103. The highest BCUT2D eigenvalue weighted by Gasteiger charge is 2.30. The molecule has 138 heavy (non-hydrogen) atoms. The number of aryl methyl sites for hydroxylation is 2. The van der Waals surface area contributed by atoms with E-state index in [4.69, 9.17) is 34.3 Å². The second-order valence-corrected chi connectivity index (χ2v) is 41.5. The maximum atomic E-state index is 13.2.